The number of Topliss-reactive ketones (excluding diaryl/α,β-unsaturated/α-hetero) is 1. The topological polar surface area (TPSA) is 151 Å². The van der Waals surface area contributed by atoms with E-state index in [0.29, 0.717) is 68.4 Å². The Balaban J connectivity index is 1.39. The number of benzene rings is 1. The molecule has 6 rings (SSSR count). The standard InChI is InChI=1S/C47H62N2O7/c1-31-13-7-8-28-55-30-35(20-10-16-32(2)15-9-14-31)36-24-26-47(43(36)52)39(22-12-27-50)37(23-25-46(47,3)54)41(33-17-5-4-6-18-33)40(51)29-34-19-11-21-38-42(34)56-45(53)49-44(38)48/h10-11,14,16,19-21,33,36,39,43-44,50,52,54H,2,4-6,9,12-13,15,17-18,22-30,48H2,1,3H3,(H,49,53). The molecule has 1 aromatic rings. The first-order chi connectivity index (χ1) is 27.0. The molecule has 3 saturated carbocycles. The molecule has 1 aromatic carbocycles. The number of nitrogens with one attached hydrogen (secondary N) is 1. The average molecular weight is 767 g/mol. The third kappa shape index (κ3) is 9.01. The fraction of sp³-hybridized carbons (Fsp3) is 0.574. The van der Waals surface area contributed by atoms with Crippen molar-refractivity contribution in [2.75, 3.05) is 19.8 Å². The molecule has 2 heterocycles. The lowest BCUT2D eigenvalue weighted by Crippen LogP contribution is -2.59. The summed E-state index contributed by atoms with van der Waals surface area (Å²) in [6.45, 7) is 8.74. The molecule has 0 radical (unpaired) electrons. The monoisotopic (exact) mass is 766 g/mol. The molecule has 0 bridgehead atoms. The Hall–Kier alpha value is -3.78. The number of hydrogen-bond acceptors (Lipinski definition) is 8. The van der Waals surface area contributed by atoms with Gasteiger partial charge in [0.15, 0.2) is 5.78 Å². The van der Waals surface area contributed by atoms with Gasteiger partial charge in [0.05, 0.1) is 18.3 Å². The van der Waals surface area contributed by atoms with Gasteiger partial charge in [-0.1, -0.05) is 96.9 Å². The summed E-state index contributed by atoms with van der Waals surface area (Å²) in [5.74, 6) is 6.09. The summed E-state index contributed by atoms with van der Waals surface area (Å²) < 4.78 is 11.7. The lowest BCUT2D eigenvalue weighted by Gasteiger charge is -2.56. The molecule has 1 spiro atoms. The van der Waals surface area contributed by atoms with Gasteiger partial charge in [-0.05, 0) is 101 Å². The average Bonchev–Trinajstić information content (AvgIpc) is 3.51. The number of carbonyl (C=O) groups is 2. The highest BCUT2D eigenvalue weighted by atomic mass is 16.6. The molecule has 302 valence electrons. The number of amides is 1. The van der Waals surface area contributed by atoms with Crippen LogP contribution in [0.1, 0.15) is 121 Å². The van der Waals surface area contributed by atoms with Gasteiger partial charge < -0.3 is 35.8 Å². The molecule has 1 amide bonds. The number of aliphatic hydroxyl groups is 3. The Bertz CT molecular complexity index is 1820. The van der Waals surface area contributed by atoms with E-state index in [1.807, 2.05) is 37.3 Å². The zero-order chi connectivity index (χ0) is 39.9. The number of ketones is 1. The van der Waals surface area contributed by atoms with Gasteiger partial charge in [-0.2, -0.15) is 0 Å². The summed E-state index contributed by atoms with van der Waals surface area (Å²) in [6, 6.07) is 5.46. The van der Waals surface area contributed by atoms with Crippen LogP contribution in [0, 0.1) is 35.0 Å². The van der Waals surface area contributed by atoms with Crippen molar-refractivity contribution in [1.29, 1.82) is 0 Å². The number of aliphatic hydroxyl groups excluding tert-OH is 2. The van der Waals surface area contributed by atoms with Crippen LogP contribution in [-0.2, 0) is 16.0 Å². The molecule has 0 aromatic heterocycles. The van der Waals surface area contributed by atoms with Gasteiger partial charge in [0, 0.05) is 41.9 Å². The van der Waals surface area contributed by atoms with E-state index in [1.54, 1.807) is 6.07 Å². The second kappa shape index (κ2) is 18.7. The zero-order valence-corrected chi connectivity index (χ0v) is 33.4. The lowest BCUT2D eigenvalue weighted by atomic mass is 9.52. The third-order valence-electron chi connectivity index (χ3n) is 13.3. The minimum atomic E-state index is -1.23. The van der Waals surface area contributed by atoms with Crippen molar-refractivity contribution in [2.45, 2.75) is 128 Å². The molecule has 9 nitrogen and oxygen atoms in total. The minimum absolute atomic E-state index is 0.0204. The Labute approximate surface area is 333 Å². The Morgan fingerprint density at radius 2 is 1.93 bits per heavy atom. The smallest absolute Gasteiger partial charge is 0.410 e. The van der Waals surface area contributed by atoms with Crippen LogP contribution in [0.15, 0.2) is 76.9 Å². The fourth-order valence-corrected chi connectivity index (χ4v) is 10.4. The highest BCUT2D eigenvalue weighted by Crippen LogP contribution is 2.63. The SMILES string of the molecule is C=C1C=CC=C(C2CCC3(C(CCCO)C(=C(C(=O)Cc4cccc5c4OC(=O)NC5N)C4CCCCC4)CCC3(C)O)C2O)COCC#CCC(C)=CCC1. The van der Waals surface area contributed by atoms with Gasteiger partial charge in [0.25, 0.3) is 0 Å². The molecule has 6 atom stereocenters. The highest BCUT2D eigenvalue weighted by Gasteiger charge is 2.64. The van der Waals surface area contributed by atoms with E-state index in [9.17, 15) is 24.9 Å². The van der Waals surface area contributed by atoms with Gasteiger partial charge in [0.1, 0.15) is 18.5 Å². The molecule has 6 unspecified atom stereocenters. The molecule has 5 aliphatic rings. The second-order valence-corrected chi connectivity index (χ2v) is 16.9. The molecule has 0 saturated heterocycles. The first-order valence-corrected chi connectivity index (χ1v) is 20.8. The molecule has 6 N–H and O–H groups in total. The van der Waals surface area contributed by atoms with Crippen molar-refractivity contribution in [1.82, 2.24) is 5.32 Å². The van der Waals surface area contributed by atoms with E-state index in [0.717, 1.165) is 67.2 Å². The Morgan fingerprint density at radius 3 is 2.71 bits per heavy atom. The predicted molar refractivity (Wildman–Crippen MR) is 218 cm³/mol. The van der Waals surface area contributed by atoms with Crippen molar-refractivity contribution >= 4 is 11.9 Å². The van der Waals surface area contributed by atoms with Gasteiger partial charge in [0.2, 0.25) is 0 Å². The zero-order valence-electron chi connectivity index (χ0n) is 33.4. The highest BCUT2D eigenvalue weighted by molar-refractivity contribution is 5.98. The van der Waals surface area contributed by atoms with Gasteiger partial charge in [-0.3, -0.25) is 4.79 Å². The summed E-state index contributed by atoms with van der Waals surface area (Å²) in [4.78, 5) is 27.3. The van der Waals surface area contributed by atoms with Crippen molar-refractivity contribution in [2.24, 2.45) is 28.9 Å². The number of ether oxygens (including phenoxy) is 2. The van der Waals surface area contributed by atoms with Crippen LogP contribution < -0.4 is 15.8 Å². The van der Waals surface area contributed by atoms with E-state index in [-0.39, 0.29) is 43.2 Å². The quantitative estimate of drug-likeness (QED) is 0.103. The van der Waals surface area contributed by atoms with E-state index in [1.165, 1.54) is 5.57 Å². The number of hydrogen-bond donors (Lipinski definition) is 5. The number of nitrogens with two attached hydrogens (primary N) is 1. The van der Waals surface area contributed by atoms with Gasteiger partial charge in [-0.25, -0.2) is 4.79 Å². The van der Waals surface area contributed by atoms with Crippen molar-refractivity contribution in [3.8, 4) is 17.6 Å². The Kier molecular flexibility index (Phi) is 13.9. The summed E-state index contributed by atoms with van der Waals surface area (Å²) in [5.41, 5.74) is 10.3. The van der Waals surface area contributed by atoms with Gasteiger partial charge in [-0.15, -0.1) is 0 Å². The maximum absolute atomic E-state index is 15.0. The minimum Gasteiger partial charge on any atom is -0.410 e. The van der Waals surface area contributed by atoms with Crippen LogP contribution in [0.2, 0.25) is 0 Å². The molecule has 3 aliphatic carbocycles. The third-order valence-corrected chi connectivity index (χ3v) is 13.3. The number of rotatable bonds is 8. The van der Waals surface area contributed by atoms with E-state index in [4.69, 9.17) is 15.2 Å². The molecule has 56 heavy (non-hydrogen) atoms. The molecule has 9 heteroatoms. The van der Waals surface area contributed by atoms with E-state index >= 15 is 0 Å². The van der Waals surface area contributed by atoms with Crippen LogP contribution in [0.3, 0.4) is 0 Å². The van der Waals surface area contributed by atoms with Crippen molar-refractivity contribution in [3.05, 3.63) is 88.1 Å². The lowest BCUT2D eigenvalue weighted by molar-refractivity contribution is -0.168. The van der Waals surface area contributed by atoms with Crippen LogP contribution in [0.4, 0.5) is 4.79 Å². The number of fused-ring (bicyclic) bond motifs is 1. The van der Waals surface area contributed by atoms with E-state index < -0.39 is 29.4 Å². The summed E-state index contributed by atoms with van der Waals surface area (Å²) >= 11 is 0. The first kappa shape index (κ1) is 41.8. The number of carbonyl (C=O) groups excluding carboxylic acids is 2. The largest absolute Gasteiger partial charge is 0.414 e. The molecular formula is C47H62N2O7. The molecule has 3 fully saturated rings. The first-order valence-electron chi connectivity index (χ1n) is 20.8. The van der Waals surface area contributed by atoms with Crippen LogP contribution in [0.25, 0.3) is 0 Å². The maximum Gasteiger partial charge on any atom is 0.414 e. The van der Waals surface area contributed by atoms with Crippen LogP contribution >= 0.6 is 0 Å². The van der Waals surface area contributed by atoms with Crippen molar-refractivity contribution < 1.29 is 34.4 Å². The predicted octanol–water partition coefficient (Wildman–Crippen LogP) is 7.61. The Morgan fingerprint density at radius 1 is 1.12 bits per heavy atom. The van der Waals surface area contributed by atoms with Crippen LogP contribution in [0.5, 0.6) is 5.75 Å². The molecule has 2 aliphatic heterocycles. The summed E-state index contributed by atoms with van der Waals surface area (Å²) in [6.07, 6.45) is 16.5. The second-order valence-electron chi connectivity index (χ2n) is 16.9. The fourth-order valence-electron chi connectivity index (χ4n) is 10.4. The van der Waals surface area contributed by atoms with Crippen LogP contribution in [-0.4, -0.2) is 58.7 Å². The van der Waals surface area contributed by atoms with E-state index in [2.05, 4.69) is 36.7 Å². The number of para-hydroxylation sites is 1. The summed E-state index contributed by atoms with van der Waals surface area (Å²) in [5, 5.41) is 38.2. The molecular weight excluding hydrogens is 705 g/mol. The normalized spacial score (nSPS) is 31.5. The number of allylic oxidation sites excluding steroid dienone is 8. The van der Waals surface area contributed by atoms with Gasteiger partial charge >= 0.3 is 6.09 Å². The summed E-state index contributed by atoms with van der Waals surface area (Å²) in [7, 11) is 0. The van der Waals surface area contributed by atoms with Crippen molar-refractivity contribution in [3.63, 3.8) is 0 Å². The maximum atomic E-state index is 15.0.